The van der Waals surface area contributed by atoms with E-state index in [0.29, 0.717) is 12.1 Å². The van der Waals surface area contributed by atoms with Crippen molar-refractivity contribution >= 4 is 5.91 Å². The number of nitrogens with zero attached hydrogens (tertiary/aromatic N) is 1. The van der Waals surface area contributed by atoms with E-state index in [1.165, 1.54) is 29.3 Å². The predicted molar refractivity (Wildman–Crippen MR) is 63.9 cm³/mol. The number of halogens is 1. The van der Waals surface area contributed by atoms with Gasteiger partial charge in [-0.15, -0.1) is 0 Å². The molecule has 94 valence electrons. The Bertz CT molecular complexity index is 381. The second kappa shape index (κ2) is 5.27. The van der Waals surface area contributed by atoms with E-state index in [9.17, 15) is 9.18 Å². The van der Waals surface area contributed by atoms with Gasteiger partial charge in [0, 0.05) is 12.1 Å². The average Bonchev–Trinajstić information content (AvgIpc) is 2.25. The summed E-state index contributed by atoms with van der Waals surface area (Å²) in [6.45, 7) is 7.87. The van der Waals surface area contributed by atoms with Gasteiger partial charge in [-0.1, -0.05) is 0 Å². The molecule has 0 saturated carbocycles. The van der Waals surface area contributed by atoms with Gasteiger partial charge in [0.15, 0.2) is 0 Å². The highest BCUT2D eigenvalue weighted by atomic mass is 19.1. The van der Waals surface area contributed by atoms with Gasteiger partial charge in [-0.2, -0.15) is 0 Å². The summed E-state index contributed by atoms with van der Waals surface area (Å²) in [7, 11) is 0. The van der Waals surface area contributed by atoms with Crippen molar-refractivity contribution in [3.63, 3.8) is 0 Å². The predicted octanol–water partition coefficient (Wildman–Crippen LogP) is 3.02. The van der Waals surface area contributed by atoms with Crippen LogP contribution in [0.3, 0.4) is 0 Å². The second-order valence-electron chi connectivity index (χ2n) is 4.71. The molecule has 0 aromatic heterocycles. The number of carbonyl (C=O) groups excluding carboxylic acids is 1. The van der Waals surface area contributed by atoms with Crippen LogP contribution in [-0.2, 0) is 4.84 Å². The van der Waals surface area contributed by atoms with Gasteiger partial charge < -0.3 is 0 Å². The van der Waals surface area contributed by atoms with Crippen LogP contribution in [0.25, 0.3) is 0 Å². The third-order valence-electron chi connectivity index (χ3n) is 1.99. The molecule has 0 saturated heterocycles. The molecule has 0 fully saturated rings. The van der Waals surface area contributed by atoms with E-state index < -0.39 is 5.60 Å². The lowest BCUT2D eigenvalue weighted by Crippen LogP contribution is -2.38. The molecule has 3 nitrogen and oxygen atoms in total. The van der Waals surface area contributed by atoms with Crippen LogP contribution in [0.2, 0.25) is 0 Å². The quantitative estimate of drug-likeness (QED) is 0.759. The van der Waals surface area contributed by atoms with Crippen LogP contribution in [0.15, 0.2) is 24.3 Å². The van der Waals surface area contributed by atoms with E-state index in [1.807, 2.05) is 27.7 Å². The topological polar surface area (TPSA) is 29.5 Å². The number of hydrogen-bond donors (Lipinski definition) is 0. The Labute approximate surface area is 101 Å². The summed E-state index contributed by atoms with van der Waals surface area (Å²) in [6.07, 6.45) is 0. The number of hydrogen-bond acceptors (Lipinski definition) is 2. The van der Waals surface area contributed by atoms with Gasteiger partial charge in [0.05, 0.1) is 5.60 Å². The molecule has 0 aliphatic carbocycles. The molecule has 0 bridgehead atoms. The lowest BCUT2D eigenvalue weighted by atomic mass is 10.2. The Morgan fingerprint density at radius 1 is 1.29 bits per heavy atom. The second-order valence-corrected chi connectivity index (χ2v) is 4.71. The molecule has 0 aliphatic rings. The Kier molecular flexibility index (Phi) is 4.23. The summed E-state index contributed by atoms with van der Waals surface area (Å²) < 4.78 is 12.7. The third-order valence-corrected chi connectivity index (χ3v) is 1.99. The number of amides is 1. The summed E-state index contributed by atoms with van der Waals surface area (Å²) in [5.74, 6) is -0.622. The Hall–Kier alpha value is -1.42. The lowest BCUT2D eigenvalue weighted by Gasteiger charge is -2.28. The van der Waals surface area contributed by atoms with Gasteiger partial charge in [-0.3, -0.25) is 9.63 Å². The molecule has 0 N–H and O–H groups in total. The summed E-state index contributed by atoms with van der Waals surface area (Å²) in [6, 6.07) is 5.43. The van der Waals surface area contributed by atoms with Gasteiger partial charge in [0.2, 0.25) is 0 Å². The van der Waals surface area contributed by atoms with Crippen LogP contribution < -0.4 is 0 Å². The van der Waals surface area contributed by atoms with Gasteiger partial charge >= 0.3 is 0 Å². The minimum atomic E-state index is -0.439. The van der Waals surface area contributed by atoms with Crippen LogP contribution in [0, 0.1) is 5.82 Å². The van der Waals surface area contributed by atoms with E-state index in [0.717, 1.165) is 0 Å². The Balaban J connectivity index is 2.83. The van der Waals surface area contributed by atoms with Crippen LogP contribution in [-0.4, -0.2) is 23.1 Å². The Morgan fingerprint density at radius 2 is 1.82 bits per heavy atom. The maximum atomic E-state index is 12.7. The minimum Gasteiger partial charge on any atom is -0.267 e. The summed E-state index contributed by atoms with van der Waals surface area (Å²) >= 11 is 0. The fourth-order valence-corrected chi connectivity index (χ4v) is 1.32. The van der Waals surface area contributed by atoms with Crippen molar-refractivity contribution < 1.29 is 14.0 Å². The van der Waals surface area contributed by atoms with Crippen LogP contribution >= 0.6 is 0 Å². The van der Waals surface area contributed by atoms with Crippen molar-refractivity contribution in [3.05, 3.63) is 35.6 Å². The zero-order valence-electron chi connectivity index (χ0n) is 10.7. The number of rotatable bonds is 3. The molecule has 1 aromatic rings. The monoisotopic (exact) mass is 239 g/mol. The number of carbonyl (C=O) groups is 1. The van der Waals surface area contributed by atoms with E-state index in [2.05, 4.69) is 0 Å². The molecular weight excluding hydrogens is 221 g/mol. The molecule has 0 radical (unpaired) electrons. The summed E-state index contributed by atoms with van der Waals surface area (Å²) in [4.78, 5) is 17.6. The van der Waals surface area contributed by atoms with Crippen molar-refractivity contribution in [2.24, 2.45) is 0 Å². The first kappa shape index (κ1) is 13.6. The first-order valence-corrected chi connectivity index (χ1v) is 5.60. The molecule has 1 rings (SSSR count). The van der Waals surface area contributed by atoms with Gasteiger partial charge in [-0.05, 0) is 52.0 Å². The van der Waals surface area contributed by atoms with E-state index >= 15 is 0 Å². The van der Waals surface area contributed by atoms with E-state index in [-0.39, 0.29) is 11.7 Å². The van der Waals surface area contributed by atoms with Gasteiger partial charge in [0.1, 0.15) is 5.82 Å². The zero-order chi connectivity index (χ0) is 13.1. The molecule has 0 aliphatic heterocycles. The standard InChI is InChI=1S/C13H18FNO2/c1-5-15(17-13(2,3)4)12(16)10-6-8-11(14)9-7-10/h6-9H,5H2,1-4H3. The van der Waals surface area contributed by atoms with Crippen LogP contribution in [0.1, 0.15) is 38.1 Å². The zero-order valence-corrected chi connectivity index (χ0v) is 10.7. The molecule has 17 heavy (non-hydrogen) atoms. The van der Waals surface area contributed by atoms with Crippen molar-refractivity contribution in [3.8, 4) is 0 Å². The highest BCUT2D eigenvalue weighted by molar-refractivity contribution is 5.93. The average molecular weight is 239 g/mol. The van der Waals surface area contributed by atoms with Crippen LogP contribution in [0.4, 0.5) is 4.39 Å². The molecule has 0 spiro atoms. The summed E-state index contributed by atoms with van der Waals surface area (Å²) in [5.41, 5.74) is -0.0244. The maximum absolute atomic E-state index is 12.7. The third kappa shape index (κ3) is 4.15. The highest BCUT2D eigenvalue weighted by Gasteiger charge is 2.21. The lowest BCUT2D eigenvalue weighted by molar-refractivity contribution is -0.193. The maximum Gasteiger partial charge on any atom is 0.277 e. The SMILES string of the molecule is CCN(OC(C)(C)C)C(=O)c1ccc(F)cc1. The first-order valence-electron chi connectivity index (χ1n) is 5.60. The number of hydroxylamine groups is 2. The van der Waals surface area contributed by atoms with E-state index in [4.69, 9.17) is 4.84 Å². The molecular formula is C13H18FNO2. The van der Waals surface area contributed by atoms with Crippen molar-refractivity contribution in [1.29, 1.82) is 0 Å². The molecule has 0 heterocycles. The van der Waals surface area contributed by atoms with Crippen molar-refractivity contribution in [2.45, 2.75) is 33.3 Å². The smallest absolute Gasteiger partial charge is 0.267 e. The van der Waals surface area contributed by atoms with Gasteiger partial charge in [0.25, 0.3) is 5.91 Å². The normalized spacial score (nSPS) is 11.4. The largest absolute Gasteiger partial charge is 0.277 e. The number of benzene rings is 1. The first-order chi connectivity index (χ1) is 7.83. The van der Waals surface area contributed by atoms with Crippen LogP contribution in [0.5, 0.6) is 0 Å². The van der Waals surface area contributed by atoms with E-state index in [1.54, 1.807) is 0 Å². The van der Waals surface area contributed by atoms with Crippen molar-refractivity contribution in [1.82, 2.24) is 5.06 Å². The fraction of sp³-hybridized carbons (Fsp3) is 0.462. The molecule has 0 unspecified atom stereocenters. The summed E-state index contributed by atoms with van der Waals surface area (Å²) in [5, 5.41) is 1.28. The molecule has 0 atom stereocenters. The molecule has 1 aromatic carbocycles. The molecule has 4 heteroatoms. The highest BCUT2D eigenvalue weighted by Crippen LogP contribution is 2.14. The Morgan fingerprint density at radius 3 is 2.24 bits per heavy atom. The fourth-order valence-electron chi connectivity index (χ4n) is 1.32. The van der Waals surface area contributed by atoms with Crippen molar-refractivity contribution in [2.75, 3.05) is 6.54 Å². The minimum absolute atomic E-state index is 0.262. The molecule has 1 amide bonds. The van der Waals surface area contributed by atoms with Gasteiger partial charge in [-0.25, -0.2) is 9.45 Å².